The molecule has 130 valence electrons. The molecule has 2 aromatic carbocycles. The van der Waals surface area contributed by atoms with E-state index in [1.54, 1.807) is 29.6 Å². The Labute approximate surface area is 154 Å². The summed E-state index contributed by atoms with van der Waals surface area (Å²) in [4.78, 5) is 12.4. The summed E-state index contributed by atoms with van der Waals surface area (Å²) in [6.45, 7) is 0. The van der Waals surface area contributed by atoms with Crippen LogP contribution in [0.15, 0.2) is 70.9 Å². The highest BCUT2D eigenvalue weighted by Crippen LogP contribution is 2.23. The van der Waals surface area contributed by atoms with Gasteiger partial charge in [-0.2, -0.15) is 5.26 Å². The number of hydrogen-bond acceptors (Lipinski definition) is 5. The highest BCUT2D eigenvalue weighted by atomic mass is 32.2. The third-order valence-corrected chi connectivity index (χ3v) is 5.69. The third-order valence-electron chi connectivity index (χ3n) is 3.47. The highest BCUT2D eigenvalue weighted by molar-refractivity contribution is 7.92. The van der Waals surface area contributed by atoms with E-state index in [4.69, 9.17) is 5.26 Å². The van der Waals surface area contributed by atoms with Gasteiger partial charge in [-0.05, 0) is 47.8 Å². The van der Waals surface area contributed by atoms with Crippen molar-refractivity contribution in [2.45, 2.75) is 4.90 Å². The van der Waals surface area contributed by atoms with Gasteiger partial charge < -0.3 is 5.32 Å². The Morgan fingerprint density at radius 2 is 1.69 bits per heavy atom. The molecule has 1 aromatic heterocycles. The molecular weight excluding hydrogens is 370 g/mol. The lowest BCUT2D eigenvalue weighted by Crippen LogP contribution is -2.14. The van der Waals surface area contributed by atoms with Gasteiger partial charge in [0, 0.05) is 11.3 Å². The maximum Gasteiger partial charge on any atom is 0.261 e. The number of carbonyl (C=O) groups excluding carboxylic acids is 1. The standard InChI is InChI=1S/C18H13N3O3S2/c19-12-14-10-11-25-18(14)20-17(22)13-6-8-15(9-7-13)21-26(23,24)16-4-2-1-3-5-16/h1-11,21H,(H,20,22). The lowest BCUT2D eigenvalue weighted by molar-refractivity contribution is 0.102. The molecule has 0 aliphatic heterocycles. The summed E-state index contributed by atoms with van der Waals surface area (Å²) in [7, 11) is -3.68. The van der Waals surface area contributed by atoms with Crippen LogP contribution in [0.3, 0.4) is 0 Å². The second kappa shape index (κ2) is 7.39. The number of nitrogens with zero attached hydrogens (tertiary/aromatic N) is 1. The number of amides is 1. The Morgan fingerprint density at radius 1 is 1.00 bits per heavy atom. The minimum absolute atomic E-state index is 0.156. The summed E-state index contributed by atoms with van der Waals surface area (Å²) >= 11 is 1.26. The van der Waals surface area contributed by atoms with Crippen LogP contribution in [0.2, 0.25) is 0 Å². The number of nitriles is 1. The number of benzene rings is 2. The summed E-state index contributed by atoms with van der Waals surface area (Å²) in [5, 5.41) is 13.8. The summed E-state index contributed by atoms with van der Waals surface area (Å²) in [6, 6.07) is 17.7. The van der Waals surface area contributed by atoms with Crippen LogP contribution in [-0.2, 0) is 10.0 Å². The summed E-state index contributed by atoms with van der Waals surface area (Å²) in [5.74, 6) is -0.374. The van der Waals surface area contributed by atoms with Crippen LogP contribution in [0.4, 0.5) is 10.7 Å². The molecule has 0 unspecified atom stereocenters. The number of anilines is 2. The zero-order valence-electron chi connectivity index (χ0n) is 13.3. The van der Waals surface area contributed by atoms with E-state index < -0.39 is 10.0 Å². The van der Waals surface area contributed by atoms with E-state index in [1.165, 1.54) is 47.7 Å². The molecule has 2 N–H and O–H groups in total. The molecule has 0 aliphatic rings. The fourth-order valence-corrected chi connectivity index (χ4v) is 3.98. The molecule has 0 aliphatic carbocycles. The van der Waals surface area contributed by atoms with Crippen molar-refractivity contribution in [3.05, 3.63) is 77.2 Å². The Morgan fingerprint density at radius 3 is 2.35 bits per heavy atom. The molecule has 0 fully saturated rings. The van der Waals surface area contributed by atoms with E-state index >= 15 is 0 Å². The van der Waals surface area contributed by atoms with Gasteiger partial charge in [0.1, 0.15) is 11.1 Å². The number of carbonyl (C=O) groups is 1. The lowest BCUT2D eigenvalue weighted by Gasteiger charge is -2.09. The van der Waals surface area contributed by atoms with Crippen molar-refractivity contribution < 1.29 is 13.2 Å². The smallest absolute Gasteiger partial charge is 0.261 e. The first kappa shape index (κ1) is 17.7. The normalized spacial score (nSPS) is 10.7. The Balaban J connectivity index is 1.73. The van der Waals surface area contributed by atoms with E-state index in [2.05, 4.69) is 10.0 Å². The first-order valence-corrected chi connectivity index (χ1v) is 9.83. The average Bonchev–Trinajstić information content (AvgIpc) is 3.10. The highest BCUT2D eigenvalue weighted by Gasteiger charge is 2.14. The number of hydrogen-bond donors (Lipinski definition) is 2. The zero-order chi connectivity index (χ0) is 18.6. The van der Waals surface area contributed by atoms with Crippen LogP contribution < -0.4 is 10.0 Å². The fraction of sp³-hybridized carbons (Fsp3) is 0. The molecule has 0 atom stereocenters. The number of rotatable bonds is 5. The van der Waals surface area contributed by atoms with Crippen LogP contribution in [0, 0.1) is 11.3 Å². The monoisotopic (exact) mass is 383 g/mol. The molecule has 6 nitrogen and oxygen atoms in total. The van der Waals surface area contributed by atoms with Crippen LogP contribution in [0.25, 0.3) is 0 Å². The van der Waals surface area contributed by atoms with Crippen LogP contribution in [-0.4, -0.2) is 14.3 Å². The van der Waals surface area contributed by atoms with Gasteiger partial charge in [0.05, 0.1) is 10.5 Å². The molecule has 3 aromatic rings. The van der Waals surface area contributed by atoms with Gasteiger partial charge in [0.2, 0.25) is 0 Å². The topological polar surface area (TPSA) is 99.1 Å². The van der Waals surface area contributed by atoms with Gasteiger partial charge in [0.25, 0.3) is 15.9 Å². The molecule has 3 rings (SSSR count). The molecule has 1 heterocycles. The largest absolute Gasteiger partial charge is 0.312 e. The van der Waals surface area contributed by atoms with Crippen molar-refractivity contribution >= 4 is 38.0 Å². The first-order chi connectivity index (χ1) is 12.5. The van der Waals surface area contributed by atoms with Crippen LogP contribution >= 0.6 is 11.3 Å². The van der Waals surface area contributed by atoms with Crippen molar-refractivity contribution in [2.75, 3.05) is 10.0 Å². The van der Waals surface area contributed by atoms with E-state index in [-0.39, 0.29) is 10.8 Å². The zero-order valence-corrected chi connectivity index (χ0v) is 15.0. The fourth-order valence-electron chi connectivity index (χ4n) is 2.17. The van der Waals surface area contributed by atoms with Gasteiger partial charge in [0.15, 0.2) is 0 Å². The number of nitrogens with one attached hydrogen (secondary N) is 2. The summed E-state index contributed by atoms with van der Waals surface area (Å²) in [6.07, 6.45) is 0. The molecule has 0 saturated heterocycles. The second-order valence-corrected chi connectivity index (χ2v) is 7.82. The van der Waals surface area contributed by atoms with E-state index in [1.807, 2.05) is 6.07 Å². The van der Waals surface area contributed by atoms with Gasteiger partial charge >= 0.3 is 0 Å². The van der Waals surface area contributed by atoms with Crippen LogP contribution in [0.1, 0.15) is 15.9 Å². The Kier molecular flexibility index (Phi) is 5.02. The second-order valence-electron chi connectivity index (χ2n) is 5.23. The molecule has 8 heteroatoms. The maximum atomic E-state index is 12.3. The summed E-state index contributed by atoms with van der Waals surface area (Å²) < 4.78 is 27.0. The van der Waals surface area contributed by atoms with E-state index in [9.17, 15) is 13.2 Å². The van der Waals surface area contributed by atoms with E-state index in [0.29, 0.717) is 21.8 Å². The van der Waals surface area contributed by atoms with Gasteiger partial charge in [-0.3, -0.25) is 9.52 Å². The van der Waals surface area contributed by atoms with Gasteiger partial charge in [-0.15, -0.1) is 11.3 Å². The molecule has 0 bridgehead atoms. The van der Waals surface area contributed by atoms with Crippen molar-refractivity contribution in [1.82, 2.24) is 0 Å². The number of sulfonamides is 1. The van der Waals surface area contributed by atoms with Gasteiger partial charge in [-0.1, -0.05) is 18.2 Å². The van der Waals surface area contributed by atoms with Crippen molar-refractivity contribution in [3.63, 3.8) is 0 Å². The van der Waals surface area contributed by atoms with E-state index in [0.717, 1.165) is 0 Å². The molecule has 0 spiro atoms. The van der Waals surface area contributed by atoms with Crippen molar-refractivity contribution in [1.29, 1.82) is 5.26 Å². The Bertz CT molecular complexity index is 1070. The van der Waals surface area contributed by atoms with Gasteiger partial charge in [-0.25, -0.2) is 8.42 Å². The van der Waals surface area contributed by atoms with Crippen molar-refractivity contribution in [2.24, 2.45) is 0 Å². The maximum absolute atomic E-state index is 12.3. The summed E-state index contributed by atoms with van der Waals surface area (Å²) in [5.41, 5.74) is 1.10. The third kappa shape index (κ3) is 3.91. The SMILES string of the molecule is N#Cc1ccsc1NC(=O)c1ccc(NS(=O)(=O)c2ccccc2)cc1. The molecule has 0 saturated carbocycles. The van der Waals surface area contributed by atoms with Crippen molar-refractivity contribution in [3.8, 4) is 6.07 Å². The average molecular weight is 383 g/mol. The predicted octanol–water partition coefficient (Wildman–Crippen LogP) is 3.67. The van der Waals surface area contributed by atoms with Crippen LogP contribution in [0.5, 0.6) is 0 Å². The lowest BCUT2D eigenvalue weighted by atomic mass is 10.2. The number of thiophene rings is 1. The minimum atomic E-state index is -3.68. The first-order valence-electron chi connectivity index (χ1n) is 7.46. The molecule has 26 heavy (non-hydrogen) atoms. The molecular formula is C18H13N3O3S2. The predicted molar refractivity (Wildman–Crippen MR) is 101 cm³/mol. The quantitative estimate of drug-likeness (QED) is 0.702. The molecule has 0 radical (unpaired) electrons. The molecule has 1 amide bonds. The minimum Gasteiger partial charge on any atom is -0.312 e. The Hall–Kier alpha value is -3.15.